The quantitative estimate of drug-likeness (QED) is 0.690. The van der Waals surface area contributed by atoms with Crippen LogP contribution in [0.3, 0.4) is 0 Å². The molecule has 0 radical (unpaired) electrons. The van der Waals surface area contributed by atoms with Gasteiger partial charge in [-0.2, -0.15) is 0 Å². The fourth-order valence-electron chi connectivity index (χ4n) is 1.71. The third-order valence-electron chi connectivity index (χ3n) is 2.55. The fraction of sp³-hybridized carbons (Fsp3) is 0. The maximum Gasteiger partial charge on any atom is 0.151 e. The summed E-state index contributed by atoms with van der Waals surface area (Å²) >= 11 is 7.29. The molecule has 88 valence electrons. The predicted octanol–water partition coefficient (Wildman–Crippen LogP) is 4.43. The lowest BCUT2D eigenvalue weighted by Gasteiger charge is -2.02. The van der Waals surface area contributed by atoms with Gasteiger partial charge in [0.25, 0.3) is 0 Å². The van der Waals surface area contributed by atoms with E-state index in [1.807, 2.05) is 18.2 Å². The Labute approximate surface area is 114 Å². The standard InChI is InChI=1S/C14H9ClN2S/c15-13-7-8-14(17-16-13)18-12-6-5-10-3-1-2-4-11(10)9-12/h1-9H. The molecule has 1 heterocycles. The van der Waals surface area contributed by atoms with Crippen LogP contribution in [0.2, 0.25) is 5.15 Å². The molecule has 4 heteroatoms. The molecule has 18 heavy (non-hydrogen) atoms. The van der Waals surface area contributed by atoms with E-state index in [2.05, 4.69) is 40.5 Å². The number of hydrogen-bond donors (Lipinski definition) is 0. The van der Waals surface area contributed by atoms with Gasteiger partial charge in [0.1, 0.15) is 5.03 Å². The van der Waals surface area contributed by atoms with Gasteiger partial charge in [0.15, 0.2) is 5.15 Å². The first kappa shape index (κ1) is 11.5. The molecule has 0 N–H and O–H groups in total. The summed E-state index contributed by atoms with van der Waals surface area (Å²) < 4.78 is 0. The number of rotatable bonds is 2. The molecule has 0 fully saturated rings. The minimum Gasteiger partial charge on any atom is -0.142 e. The largest absolute Gasteiger partial charge is 0.151 e. The van der Waals surface area contributed by atoms with Crippen LogP contribution >= 0.6 is 23.4 Å². The summed E-state index contributed by atoms with van der Waals surface area (Å²) in [5.74, 6) is 0. The molecule has 2 aromatic carbocycles. The van der Waals surface area contributed by atoms with Crippen LogP contribution in [0.4, 0.5) is 0 Å². The van der Waals surface area contributed by atoms with Crippen LogP contribution in [0.25, 0.3) is 10.8 Å². The second-order valence-electron chi connectivity index (χ2n) is 3.81. The van der Waals surface area contributed by atoms with E-state index >= 15 is 0 Å². The highest BCUT2D eigenvalue weighted by Gasteiger charge is 2.01. The highest BCUT2D eigenvalue weighted by Crippen LogP contribution is 2.28. The lowest BCUT2D eigenvalue weighted by molar-refractivity contribution is 0.930. The molecule has 0 unspecified atom stereocenters. The van der Waals surface area contributed by atoms with Crippen LogP contribution in [0.15, 0.2) is 64.5 Å². The summed E-state index contributed by atoms with van der Waals surface area (Å²) in [4.78, 5) is 1.14. The minimum absolute atomic E-state index is 0.415. The zero-order valence-corrected chi connectivity index (χ0v) is 10.9. The van der Waals surface area contributed by atoms with Crippen LogP contribution in [-0.2, 0) is 0 Å². The van der Waals surface area contributed by atoms with Gasteiger partial charge in [-0.1, -0.05) is 53.7 Å². The van der Waals surface area contributed by atoms with E-state index in [9.17, 15) is 0 Å². The topological polar surface area (TPSA) is 25.8 Å². The van der Waals surface area contributed by atoms with Crippen LogP contribution < -0.4 is 0 Å². The Hall–Kier alpha value is -1.58. The zero-order valence-electron chi connectivity index (χ0n) is 9.38. The van der Waals surface area contributed by atoms with Crippen molar-refractivity contribution < 1.29 is 0 Å². The smallest absolute Gasteiger partial charge is 0.142 e. The summed E-state index contributed by atoms with van der Waals surface area (Å²) in [5, 5.41) is 11.6. The van der Waals surface area contributed by atoms with Crippen molar-refractivity contribution in [2.24, 2.45) is 0 Å². The molecule has 0 aliphatic carbocycles. The number of hydrogen-bond acceptors (Lipinski definition) is 3. The Morgan fingerprint density at radius 1 is 0.833 bits per heavy atom. The Balaban J connectivity index is 1.92. The monoisotopic (exact) mass is 272 g/mol. The van der Waals surface area contributed by atoms with Crippen LogP contribution in [0, 0.1) is 0 Å². The molecule has 3 rings (SSSR count). The van der Waals surface area contributed by atoms with Gasteiger partial charge in [0.05, 0.1) is 0 Å². The van der Waals surface area contributed by atoms with Gasteiger partial charge in [-0.3, -0.25) is 0 Å². The van der Waals surface area contributed by atoms with Crippen LogP contribution in [-0.4, -0.2) is 10.2 Å². The Kier molecular flexibility index (Phi) is 3.17. The first-order chi connectivity index (χ1) is 8.81. The average molecular weight is 273 g/mol. The normalized spacial score (nSPS) is 10.7. The Morgan fingerprint density at radius 3 is 2.44 bits per heavy atom. The van der Waals surface area contributed by atoms with E-state index in [1.165, 1.54) is 10.8 Å². The molecule has 0 amide bonds. The van der Waals surface area contributed by atoms with Gasteiger partial charge < -0.3 is 0 Å². The highest BCUT2D eigenvalue weighted by molar-refractivity contribution is 7.99. The van der Waals surface area contributed by atoms with Crippen molar-refractivity contribution in [3.63, 3.8) is 0 Å². The fourth-order valence-corrected chi connectivity index (χ4v) is 2.59. The molecule has 2 nitrogen and oxygen atoms in total. The van der Waals surface area contributed by atoms with Gasteiger partial charge in [0.2, 0.25) is 0 Å². The molecule has 0 spiro atoms. The van der Waals surface area contributed by atoms with Crippen LogP contribution in [0.5, 0.6) is 0 Å². The van der Waals surface area contributed by atoms with Gasteiger partial charge in [-0.05, 0) is 35.0 Å². The van der Waals surface area contributed by atoms with E-state index < -0.39 is 0 Å². The van der Waals surface area contributed by atoms with Crippen molar-refractivity contribution in [2.45, 2.75) is 9.92 Å². The minimum atomic E-state index is 0.415. The number of halogens is 1. The van der Waals surface area contributed by atoms with Gasteiger partial charge >= 0.3 is 0 Å². The van der Waals surface area contributed by atoms with E-state index in [0.717, 1.165) is 9.92 Å². The zero-order chi connectivity index (χ0) is 12.4. The molecular formula is C14H9ClN2S. The third-order valence-corrected chi connectivity index (χ3v) is 3.67. The number of fused-ring (bicyclic) bond motifs is 1. The molecule has 0 atom stereocenters. The SMILES string of the molecule is Clc1ccc(Sc2ccc3ccccc3c2)nn1. The van der Waals surface area contributed by atoms with Gasteiger partial charge in [-0.15, -0.1) is 10.2 Å². The molecule has 0 saturated carbocycles. The summed E-state index contributed by atoms with van der Waals surface area (Å²) in [6, 6.07) is 18.3. The van der Waals surface area contributed by atoms with Crippen molar-refractivity contribution in [1.29, 1.82) is 0 Å². The molecular weight excluding hydrogens is 264 g/mol. The maximum atomic E-state index is 5.71. The van der Waals surface area contributed by atoms with Gasteiger partial charge in [0, 0.05) is 4.90 Å². The van der Waals surface area contributed by atoms with Crippen molar-refractivity contribution in [3.8, 4) is 0 Å². The number of aromatic nitrogens is 2. The second-order valence-corrected chi connectivity index (χ2v) is 5.29. The van der Waals surface area contributed by atoms with Crippen molar-refractivity contribution >= 4 is 34.1 Å². The third kappa shape index (κ3) is 2.47. The highest BCUT2D eigenvalue weighted by atomic mass is 35.5. The van der Waals surface area contributed by atoms with Gasteiger partial charge in [-0.25, -0.2) is 0 Å². The summed E-state index contributed by atoms with van der Waals surface area (Å²) in [6.45, 7) is 0. The average Bonchev–Trinajstić information content (AvgIpc) is 2.41. The van der Waals surface area contributed by atoms with Crippen molar-refractivity contribution in [3.05, 3.63) is 59.8 Å². The number of benzene rings is 2. The molecule has 0 saturated heterocycles. The first-order valence-electron chi connectivity index (χ1n) is 5.47. The lowest BCUT2D eigenvalue weighted by atomic mass is 10.1. The number of nitrogens with zero attached hydrogens (tertiary/aromatic N) is 2. The summed E-state index contributed by atoms with van der Waals surface area (Å²) in [6.07, 6.45) is 0. The van der Waals surface area contributed by atoms with Crippen molar-refractivity contribution in [1.82, 2.24) is 10.2 Å². The second kappa shape index (κ2) is 4.96. The van der Waals surface area contributed by atoms with E-state index in [1.54, 1.807) is 17.8 Å². The summed E-state index contributed by atoms with van der Waals surface area (Å²) in [5.41, 5.74) is 0. The van der Waals surface area contributed by atoms with E-state index in [-0.39, 0.29) is 0 Å². The molecule has 3 aromatic rings. The van der Waals surface area contributed by atoms with Crippen LogP contribution in [0.1, 0.15) is 0 Å². The van der Waals surface area contributed by atoms with E-state index in [4.69, 9.17) is 11.6 Å². The maximum absolute atomic E-state index is 5.71. The Bertz CT molecular complexity index is 683. The molecule has 0 aliphatic heterocycles. The van der Waals surface area contributed by atoms with E-state index in [0.29, 0.717) is 5.15 Å². The predicted molar refractivity (Wildman–Crippen MR) is 75.1 cm³/mol. The lowest BCUT2D eigenvalue weighted by Crippen LogP contribution is -1.84. The van der Waals surface area contributed by atoms with Crippen molar-refractivity contribution in [2.75, 3.05) is 0 Å². The summed E-state index contributed by atoms with van der Waals surface area (Å²) in [7, 11) is 0. The molecule has 0 bridgehead atoms. The Morgan fingerprint density at radius 2 is 1.67 bits per heavy atom. The first-order valence-corrected chi connectivity index (χ1v) is 6.66. The molecule has 1 aromatic heterocycles. The molecule has 0 aliphatic rings.